The molecular formula is C29H30N2O3. The average Bonchev–Trinajstić information content (AvgIpc) is 3.31. The summed E-state index contributed by atoms with van der Waals surface area (Å²) in [6.07, 6.45) is -0.860. The molecule has 2 fully saturated rings. The molecule has 2 saturated heterocycles. The van der Waals surface area contributed by atoms with E-state index >= 15 is 0 Å². The van der Waals surface area contributed by atoms with Crippen LogP contribution < -0.4 is 9.96 Å². The number of carbonyl (C=O) groups is 2. The lowest BCUT2D eigenvalue weighted by Crippen LogP contribution is -2.37. The molecule has 5 rings (SSSR count). The number of para-hydroxylation sites is 1. The molecule has 0 aromatic heterocycles. The Kier molecular flexibility index (Phi) is 5.33. The standard InChI is InChI=1S/C29H30N2O3/c1-18-11-16-23(19(2)17-18)30-27(32)24-25(20-12-14-21(15-13-20)29(3,4)5)31(34-26(24)28(30)33)22-9-7-6-8-10-22/h6-17,24-26H,1-5H3/t24-,25+,26+/m1/s1. The van der Waals surface area contributed by atoms with Crippen LogP contribution in [-0.4, -0.2) is 17.9 Å². The summed E-state index contributed by atoms with van der Waals surface area (Å²) in [5.74, 6) is -1.16. The van der Waals surface area contributed by atoms with Crippen molar-refractivity contribution in [2.24, 2.45) is 5.92 Å². The molecule has 0 radical (unpaired) electrons. The number of hydrogen-bond donors (Lipinski definition) is 0. The van der Waals surface area contributed by atoms with E-state index in [1.807, 2.05) is 62.4 Å². The predicted molar refractivity (Wildman–Crippen MR) is 134 cm³/mol. The van der Waals surface area contributed by atoms with Gasteiger partial charge in [0.25, 0.3) is 5.91 Å². The Morgan fingerprint density at radius 3 is 2.12 bits per heavy atom. The van der Waals surface area contributed by atoms with E-state index in [1.54, 1.807) is 5.06 Å². The highest BCUT2D eigenvalue weighted by Crippen LogP contribution is 2.48. The van der Waals surface area contributed by atoms with Gasteiger partial charge in [-0.3, -0.25) is 14.4 Å². The largest absolute Gasteiger partial charge is 0.273 e. The van der Waals surface area contributed by atoms with Crippen LogP contribution >= 0.6 is 0 Å². The number of aryl methyl sites for hydroxylation is 2. The van der Waals surface area contributed by atoms with Gasteiger partial charge < -0.3 is 0 Å². The second kappa shape index (κ2) is 8.10. The summed E-state index contributed by atoms with van der Waals surface area (Å²) in [5, 5.41) is 1.75. The fraction of sp³-hybridized carbons (Fsp3) is 0.310. The van der Waals surface area contributed by atoms with Gasteiger partial charge in [-0.15, -0.1) is 0 Å². The first-order chi connectivity index (χ1) is 16.2. The third kappa shape index (κ3) is 3.61. The van der Waals surface area contributed by atoms with Gasteiger partial charge in [0.2, 0.25) is 5.91 Å². The molecule has 3 aromatic rings. The van der Waals surface area contributed by atoms with E-state index in [0.717, 1.165) is 22.4 Å². The zero-order chi connectivity index (χ0) is 24.2. The van der Waals surface area contributed by atoms with Crippen molar-refractivity contribution in [1.29, 1.82) is 0 Å². The molecule has 2 aliphatic heterocycles. The molecule has 3 atom stereocenters. The van der Waals surface area contributed by atoms with Crippen molar-refractivity contribution in [3.8, 4) is 0 Å². The van der Waals surface area contributed by atoms with Gasteiger partial charge in [-0.25, -0.2) is 9.96 Å². The normalized spacial score (nSPS) is 22.4. The predicted octanol–water partition coefficient (Wildman–Crippen LogP) is 5.65. The van der Waals surface area contributed by atoms with E-state index in [9.17, 15) is 9.59 Å². The van der Waals surface area contributed by atoms with Gasteiger partial charge in [-0.2, -0.15) is 0 Å². The van der Waals surface area contributed by atoms with E-state index in [1.165, 1.54) is 10.5 Å². The Balaban J connectivity index is 1.58. The third-order valence-corrected chi connectivity index (χ3v) is 6.84. The van der Waals surface area contributed by atoms with E-state index in [4.69, 9.17) is 4.84 Å². The summed E-state index contributed by atoms with van der Waals surface area (Å²) in [6, 6.07) is 23.4. The molecule has 2 heterocycles. The number of rotatable bonds is 3. The van der Waals surface area contributed by atoms with Crippen molar-refractivity contribution in [2.45, 2.75) is 52.2 Å². The molecule has 0 bridgehead atoms. The lowest BCUT2D eigenvalue weighted by atomic mass is 9.84. The lowest BCUT2D eigenvalue weighted by molar-refractivity contribution is -0.126. The van der Waals surface area contributed by atoms with Crippen LogP contribution in [-0.2, 0) is 19.8 Å². The number of fused-ring (bicyclic) bond motifs is 1. The second-order valence-electron chi connectivity index (χ2n) is 10.3. The first kappa shape index (κ1) is 22.4. The zero-order valence-electron chi connectivity index (χ0n) is 20.3. The molecule has 2 aliphatic rings. The Labute approximate surface area is 200 Å². The van der Waals surface area contributed by atoms with Crippen LogP contribution in [0, 0.1) is 19.8 Å². The quantitative estimate of drug-likeness (QED) is 0.480. The van der Waals surface area contributed by atoms with Crippen LogP contribution in [0.25, 0.3) is 0 Å². The highest BCUT2D eigenvalue weighted by Gasteiger charge is 2.60. The third-order valence-electron chi connectivity index (χ3n) is 6.84. The van der Waals surface area contributed by atoms with Crippen molar-refractivity contribution in [1.82, 2.24) is 0 Å². The number of amides is 2. The monoisotopic (exact) mass is 454 g/mol. The van der Waals surface area contributed by atoms with E-state index in [0.29, 0.717) is 5.69 Å². The van der Waals surface area contributed by atoms with Gasteiger partial charge in [-0.1, -0.05) is 80.9 Å². The summed E-state index contributed by atoms with van der Waals surface area (Å²) < 4.78 is 0. The highest BCUT2D eigenvalue weighted by atomic mass is 16.7. The SMILES string of the molecule is Cc1ccc(N2C(=O)[C@H]3[C@H](ON(c4ccccc4)[C@H]3c3ccc(C(C)(C)C)cc3)C2=O)c(C)c1. The van der Waals surface area contributed by atoms with E-state index in [2.05, 4.69) is 45.0 Å². The molecule has 34 heavy (non-hydrogen) atoms. The molecule has 5 heteroatoms. The zero-order valence-corrected chi connectivity index (χ0v) is 20.3. The number of carbonyl (C=O) groups excluding carboxylic acids is 2. The summed E-state index contributed by atoms with van der Waals surface area (Å²) >= 11 is 0. The summed E-state index contributed by atoms with van der Waals surface area (Å²) in [4.78, 5) is 34.9. The average molecular weight is 455 g/mol. The van der Waals surface area contributed by atoms with Crippen molar-refractivity contribution < 1.29 is 14.4 Å². The van der Waals surface area contributed by atoms with Crippen LogP contribution in [0.15, 0.2) is 72.8 Å². The minimum Gasteiger partial charge on any atom is -0.273 e. The number of benzene rings is 3. The first-order valence-corrected chi connectivity index (χ1v) is 11.7. The first-order valence-electron chi connectivity index (χ1n) is 11.7. The second-order valence-corrected chi connectivity index (χ2v) is 10.3. The minimum absolute atomic E-state index is 0.0191. The van der Waals surface area contributed by atoms with Gasteiger partial charge in [0.05, 0.1) is 17.4 Å². The maximum Gasteiger partial charge on any atom is 0.266 e. The highest BCUT2D eigenvalue weighted by molar-refractivity contribution is 6.24. The summed E-state index contributed by atoms with van der Waals surface area (Å²) in [5.41, 5.74) is 5.62. The minimum atomic E-state index is -0.860. The van der Waals surface area contributed by atoms with Gasteiger partial charge in [0, 0.05) is 0 Å². The number of anilines is 2. The molecule has 5 nitrogen and oxygen atoms in total. The smallest absolute Gasteiger partial charge is 0.266 e. The van der Waals surface area contributed by atoms with Gasteiger partial charge >= 0.3 is 0 Å². The van der Waals surface area contributed by atoms with Gasteiger partial charge in [0.15, 0.2) is 6.10 Å². The van der Waals surface area contributed by atoms with Crippen molar-refractivity contribution >= 4 is 23.2 Å². The number of imide groups is 1. The van der Waals surface area contributed by atoms with Gasteiger partial charge in [0.1, 0.15) is 5.92 Å². The van der Waals surface area contributed by atoms with Crippen molar-refractivity contribution in [3.63, 3.8) is 0 Å². The fourth-order valence-electron chi connectivity index (χ4n) is 5.03. The maximum absolute atomic E-state index is 13.8. The van der Waals surface area contributed by atoms with Crippen LogP contribution in [0.2, 0.25) is 0 Å². The molecule has 3 aromatic carbocycles. The van der Waals surface area contributed by atoms with E-state index in [-0.39, 0.29) is 17.2 Å². The Morgan fingerprint density at radius 1 is 0.824 bits per heavy atom. The maximum atomic E-state index is 13.8. The summed E-state index contributed by atoms with van der Waals surface area (Å²) in [7, 11) is 0. The van der Waals surface area contributed by atoms with Crippen LogP contribution in [0.4, 0.5) is 11.4 Å². The van der Waals surface area contributed by atoms with Crippen LogP contribution in [0.3, 0.4) is 0 Å². The summed E-state index contributed by atoms with van der Waals surface area (Å²) in [6.45, 7) is 10.4. The molecule has 174 valence electrons. The Morgan fingerprint density at radius 2 is 1.50 bits per heavy atom. The van der Waals surface area contributed by atoms with Crippen molar-refractivity contribution in [3.05, 3.63) is 95.1 Å². The van der Waals surface area contributed by atoms with E-state index < -0.39 is 18.1 Å². The molecular weight excluding hydrogens is 424 g/mol. The molecule has 0 unspecified atom stereocenters. The molecule has 0 saturated carbocycles. The lowest BCUT2D eigenvalue weighted by Gasteiger charge is -2.29. The topological polar surface area (TPSA) is 49.9 Å². The Hall–Kier alpha value is -3.44. The van der Waals surface area contributed by atoms with Crippen LogP contribution in [0.1, 0.15) is 49.1 Å². The van der Waals surface area contributed by atoms with Crippen molar-refractivity contribution in [2.75, 3.05) is 9.96 Å². The number of nitrogens with zero attached hydrogens (tertiary/aromatic N) is 2. The molecule has 0 spiro atoms. The number of hydrogen-bond acceptors (Lipinski definition) is 4. The Bertz CT molecular complexity index is 1240. The van der Waals surface area contributed by atoms with Gasteiger partial charge in [-0.05, 0) is 54.2 Å². The molecule has 0 aliphatic carbocycles. The fourth-order valence-corrected chi connectivity index (χ4v) is 5.03. The number of hydroxylamine groups is 1. The molecule has 2 amide bonds. The molecule has 0 N–H and O–H groups in total. The van der Waals surface area contributed by atoms with Crippen LogP contribution in [0.5, 0.6) is 0 Å².